The number of nitrogens with zero attached hydrogens (tertiary/aromatic N) is 2. The van der Waals surface area contributed by atoms with Crippen LogP contribution in [0.5, 0.6) is 0 Å². The number of likely N-dealkylation sites (tertiary alicyclic amines) is 1. The first-order valence-electron chi connectivity index (χ1n) is 8.14. The fourth-order valence-corrected chi connectivity index (χ4v) is 2.84. The first-order valence-corrected chi connectivity index (χ1v) is 8.93. The van der Waals surface area contributed by atoms with Crippen LogP contribution in [0.2, 0.25) is 0 Å². The summed E-state index contributed by atoms with van der Waals surface area (Å²) in [7, 11) is 1.46. The molecule has 1 fully saturated rings. The normalized spacial score (nSPS) is 15.4. The van der Waals surface area contributed by atoms with Gasteiger partial charge in [-0.2, -0.15) is 0 Å². The van der Waals surface area contributed by atoms with Crippen LogP contribution in [0.1, 0.15) is 19.3 Å². The standard InChI is InChI=1S/C16H22BrN5O3/c1-18-16(25)21-14(23)6-9-22-7-4-11(5-8-22)15(24)20-13-3-2-12(17)10-19-13/h2-3,10-11H,4-9H2,1H3,(H,19,20,24)(H2,18,21,23,25). The van der Waals surface area contributed by atoms with Gasteiger partial charge in [-0.15, -0.1) is 0 Å². The third-order valence-corrected chi connectivity index (χ3v) is 4.54. The average Bonchev–Trinajstić information content (AvgIpc) is 2.62. The lowest BCUT2D eigenvalue weighted by Gasteiger charge is -2.30. The van der Waals surface area contributed by atoms with Gasteiger partial charge in [0.2, 0.25) is 11.8 Å². The molecule has 1 saturated heterocycles. The zero-order valence-electron chi connectivity index (χ0n) is 14.0. The summed E-state index contributed by atoms with van der Waals surface area (Å²) >= 11 is 3.31. The van der Waals surface area contributed by atoms with Crippen LogP contribution in [-0.2, 0) is 9.59 Å². The molecule has 25 heavy (non-hydrogen) atoms. The van der Waals surface area contributed by atoms with E-state index in [-0.39, 0.29) is 24.2 Å². The number of nitrogens with one attached hydrogen (secondary N) is 3. The molecule has 4 amide bonds. The van der Waals surface area contributed by atoms with Crippen molar-refractivity contribution in [3.63, 3.8) is 0 Å². The molecule has 9 heteroatoms. The summed E-state index contributed by atoms with van der Waals surface area (Å²) in [5, 5.41) is 7.41. The van der Waals surface area contributed by atoms with Crippen molar-refractivity contribution in [3.8, 4) is 0 Å². The Morgan fingerprint density at radius 1 is 1.28 bits per heavy atom. The van der Waals surface area contributed by atoms with Crippen molar-refractivity contribution in [2.75, 3.05) is 32.0 Å². The molecule has 1 aliphatic rings. The predicted molar refractivity (Wildman–Crippen MR) is 96.9 cm³/mol. The van der Waals surface area contributed by atoms with E-state index in [4.69, 9.17) is 0 Å². The van der Waals surface area contributed by atoms with Crippen molar-refractivity contribution < 1.29 is 14.4 Å². The van der Waals surface area contributed by atoms with E-state index in [0.717, 1.165) is 30.4 Å². The number of hydrogen-bond acceptors (Lipinski definition) is 5. The van der Waals surface area contributed by atoms with Gasteiger partial charge < -0.3 is 15.5 Å². The molecule has 2 rings (SSSR count). The number of carbonyl (C=O) groups excluding carboxylic acids is 3. The number of pyridine rings is 1. The Balaban J connectivity index is 1.70. The van der Waals surface area contributed by atoms with E-state index in [2.05, 4.69) is 41.8 Å². The predicted octanol–water partition coefficient (Wildman–Crippen LogP) is 1.34. The van der Waals surface area contributed by atoms with E-state index >= 15 is 0 Å². The van der Waals surface area contributed by atoms with Crippen molar-refractivity contribution >= 4 is 39.6 Å². The molecule has 0 bridgehead atoms. The lowest BCUT2D eigenvalue weighted by molar-refractivity contribution is -0.122. The maximum atomic E-state index is 12.3. The smallest absolute Gasteiger partial charge is 0.321 e. The SMILES string of the molecule is CNC(=O)NC(=O)CCN1CCC(C(=O)Nc2ccc(Br)cn2)CC1. The maximum absolute atomic E-state index is 12.3. The second-order valence-corrected chi connectivity index (χ2v) is 6.76. The Bertz CT molecular complexity index is 615. The zero-order chi connectivity index (χ0) is 18.2. The van der Waals surface area contributed by atoms with Gasteiger partial charge in [-0.3, -0.25) is 14.9 Å². The number of anilines is 1. The van der Waals surface area contributed by atoms with E-state index in [1.165, 1.54) is 7.05 Å². The molecule has 0 saturated carbocycles. The molecular weight excluding hydrogens is 390 g/mol. The van der Waals surface area contributed by atoms with Gasteiger partial charge in [-0.25, -0.2) is 9.78 Å². The minimum Gasteiger partial charge on any atom is -0.341 e. The Kier molecular flexibility index (Phi) is 7.32. The minimum atomic E-state index is -0.498. The monoisotopic (exact) mass is 411 g/mol. The van der Waals surface area contributed by atoms with E-state index in [1.807, 2.05) is 6.07 Å². The van der Waals surface area contributed by atoms with Gasteiger partial charge in [-0.05, 0) is 54.0 Å². The summed E-state index contributed by atoms with van der Waals surface area (Å²) in [6.45, 7) is 2.07. The summed E-state index contributed by atoms with van der Waals surface area (Å²) in [6, 6.07) is 3.08. The molecule has 136 valence electrons. The molecule has 0 atom stereocenters. The Labute approximate surface area is 154 Å². The molecule has 0 aromatic carbocycles. The zero-order valence-corrected chi connectivity index (χ0v) is 15.6. The van der Waals surface area contributed by atoms with Gasteiger partial charge in [0.25, 0.3) is 0 Å². The van der Waals surface area contributed by atoms with Crippen LogP contribution in [0.3, 0.4) is 0 Å². The topological polar surface area (TPSA) is 103 Å². The van der Waals surface area contributed by atoms with Gasteiger partial charge in [0, 0.05) is 36.6 Å². The summed E-state index contributed by atoms with van der Waals surface area (Å²) in [6.07, 6.45) is 3.37. The summed E-state index contributed by atoms with van der Waals surface area (Å²) < 4.78 is 0.860. The molecule has 1 aromatic heterocycles. The van der Waals surface area contributed by atoms with Crippen molar-refractivity contribution in [2.24, 2.45) is 5.92 Å². The number of amides is 4. The van der Waals surface area contributed by atoms with Crippen molar-refractivity contribution in [1.29, 1.82) is 0 Å². The molecule has 2 heterocycles. The van der Waals surface area contributed by atoms with Crippen LogP contribution in [-0.4, -0.2) is 54.4 Å². The third-order valence-electron chi connectivity index (χ3n) is 4.07. The van der Waals surface area contributed by atoms with Crippen LogP contribution >= 0.6 is 15.9 Å². The maximum Gasteiger partial charge on any atom is 0.321 e. The van der Waals surface area contributed by atoms with Crippen molar-refractivity contribution in [2.45, 2.75) is 19.3 Å². The molecule has 1 aliphatic heterocycles. The summed E-state index contributed by atoms with van der Waals surface area (Å²) in [5.41, 5.74) is 0. The number of halogens is 1. The van der Waals surface area contributed by atoms with Gasteiger partial charge in [0.05, 0.1) is 0 Å². The first kappa shape index (κ1) is 19.3. The van der Waals surface area contributed by atoms with Crippen LogP contribution < -0.4 is 16.0 Å². The summed E-state index contributed by atoms with van der Waals surface area (Å²) in [4.78, 5) is 41.2. The highest BCUT2D eigenvalue weighted by Crippen LogP contribution is 2.19. The number of imide groups is 1. The van der Waals surface area contributed by atoms with Crippen LogP contribution in [0, 0.1) is 5.92 Å². The lowest BCUT2D eigenvalue weighted by Crippen LogP contribution is -2.42. The summed E-state index contributed by atoms with van der Waals surface area (Å²) in [5.74, 6) is 0.162. The number of hydrogen-bond donors (Lipinski definition) is 3. The largest absolute Gasteiger partial charge is 0.341 e. The number of carbonyl (C=O) groups is 3. The van der Waals surface area contributed by atoms with E-state index in [1.54, 1.807) is 12.3 Å². The second kappa shape index (κ2) is 9.47. The molecule has 3 N–H and O–H groups in total. The quantitative estimate of drug-likeness (QED) is 0.678. The Morgan fingerprint density at radius 2 is 2.00 bits per heavy atom. The van der Waals surface area contributed by atoms with Gasteiger partial charge in [-0.1, -0.05) is 0 Å². The fourth-order valence-electron chi connectivity index (χ4n) is 2.61. The molecular formula is C16H22BrN5O3. The van der Waals surface area contributed by atoms with Gasteiger partial charge in [0.15, 0.2) is 0 Å². The Morgan fingerprint density at radius 3 is 2.60 bits per heavy atom. The van der Waals surface area contributed by atoms with E-state index in [9.17, 15) is 14.4 Å². The highest BCUT2D eigenvalue weighted by molar-refractivity contribution is 9.10. The van der Waals surface area contributed by atoms with Crippen LogP contribution in [0.15, 0.2) is 22.8 Å². The first-order chi connectivity index (χ1) is 12.0. The molecule has 1 aromatic rings. The van der Waals surface area contributed by atoms with Gasteiger partial charge >= 0.3 is 6.03 Å². The molecule has 8 nitrogen and oxygen atoms in total. The third kappa shape index (κ3) is 6.43. The van der Waals surface area contributed by atoms with Gasteiger partial charge in [0.1, 0.15) is 5.82 Å². The number of urea groups is 1. The van der Waals surface area contributed by atoms with E-state index in [0.29, 0.717) is 12.4 Å². The van der Waals surface area contributed by atoms with Crippen LogP contribution in [0.4, 0.5) is 10.6 Å². The molecule has 0 unspecified atom stereocenters. The number of rotatable bonds is 5. The Hall–Kier alpha value is -2.00. The highest BCUT2D eigenvalue weighted by Gasteiger charge is 2.25. The molecule has 0 radical (unpaired) electrons. The average molecular weight is 412 g/mol. The fraction of sp³-hybridized carbons (Fsp3) is 0.500. The second-order valence-electron chi connectivity index (χ2n) is 5.84. The lowest BCUT2D eigenvalue weighted by atomic mass is 9.96. The van der Waals surface area contributed by atoms with Crippen LogP contribution in [0.25, 0.3) is 0 Å². The number of piperidine rings is 1. The minimum absolute atomic E-state index is 0.0215. The molecule has 0 spiro atoms. The number of aromatic nitrogens is 1. The van der Waals surface area contributed by atoms with E-state index < -0.39 is 6.03 Å². The van der Waals surface area contributed by atoms with Crippen molar-refractivity contribution in [3.05, 3.63) is 22.8 Å². The highest BCUT2D eigenvalue weighted by atomic mass is 79.9. The molecule has 0 aliphatic carbocycles. The van der Waals surface area contributed by atoms with Crippen molar-refractivity contribution in [1.82, 2.24) is 20.5 Å².